The van der Waals surface area contributed by atoms with E-state index in [-0.39, 0.29) is 0 Å². The second-order valence-electron chi connectivity index (χ2n) is 2.18. The Morgan fingerprint density at radius 3 is 2.45 bits per heavy atom. The van der Waals surface area contributed by atoms with E-state index in [1.807, 2.05) is 32.1 Å². The molecule has 2 heteroatoms. The number of rotatable bonds is 5. The molecule has 0 saturated heterocycles. The number of hydrogen-bond acceptors (Lipinski definition) is 1. The van der Waals surface area contributed by atoms with Gasteiger partial charge in [-0.15, -0.1) is 0 Å². The van der Waals surface area contributed by atoms with Crippen molar-refractivity contribution in [2.45, 2.75) is 20.3 Å². The van der Waals surface area contributed by atoms with E-state index in [4.69, 9.17) is 0 Å². The normalized spacial score (nSPS) is 11.1. The van der Waals surface area contributed by atoms with E-state index in [0.29, 0.717) is 0 Å². The number of amides is 1. The van der Waals surface area contributed by atoms with Gasteiger partial charge in [0.15, 0.2) is 0 Å². The summed E-state index contributed by atoms with van der Waals surface area (Å²) in [6.07, 6.45) is 9.41. The Morgan fingerprint density at radius 1 is 1.27 bits per heavy atom. The third-order valence-electron chi connectivity index (χ3n) is 1.27. The smallest absolute Gasteiger partial charge is 0.213 e. The number of allylic oxidation sites excluding steroid dienone is 2. The van der Waals surface area contributed by atoms with Crippen LogP contribution in [0.25, 0.3) is 0 Å². The monoisotopic (exact) mass is 153 g/mol. The maximum Gasteiger partial charge on any atom is 0.213 e. The summed E-state index contributed by atoms with van der Waals surface area (Å²) in [5.74, 6) is 0. The quantitative estimate of drug-likeness (QED) is 0.436. The highest BCUT2D eigenvalue weighted by molar-refractivity contribution is 5.48. The molecule has 0 spiro atoms. The minimum absolute atomic E-state index is 0.762. The maximum atomic E-state index is 10.3. The Kier molecular flexibility index (Phi) is 6.39. The lowest BCUT2D eigenvalue weighted by atomic mass is 10.3. The van der Waals surface area contributed by atoms with Gasteiger partial charge in [0.1, 0.15) is 0 Å². The van der Waals surface area contributed by atoms with Crippen LogP contribution in [-0.2, 0) is 4.79 Å². The maximum absolute atomic E-state index is 10.3. The lowest BCUT2D eigenvalue weighted by Crippen LogP contribution is -2.15. The SMILES string of the molecule is C/C=C/CCN(C=O)/C=C/C. The summed E-state index contributed by atoms with van der Waals surface area (Å²) in [7, 11) is 0. The average molecular weight is 153 g/mol. The first kappa shape index (κ1) is 9.95. The Balaban J connectivity index is 3.60. The summed E-state index contributed by atoms with van der Waals surface area (Å²) in [6.45, 7) is 4.63. The fourth-order valence-corrected chi connectivity index (χ4v) is 0.744. The zero-order chi connectivity index (χ0) is 8.53. The van der Waals surface area contributed by atoms with E-state index in [1.165, 1.54) is 0 Å². The van der Waals surface area contributed by atoms with Crippen molar-refractivity contribution in [1.82, 2.24) is 4.90 Å². The van der Waals surface area contributed by atoms with Crippen LogP contribution >= 0.6 is 0 Å². The van der Waals surface area contributed by atoms with Crippen molar-refractivity contribution in [2.24, 2.45) is 0 Å². The van der Waals surface area contributed by atoms with Crippen molar-refractivity contribution in [3.8, 4) is 0 Å². The molecule has 1 amide bonds. The predicted molar refractivity (Wildman–Crippen MR) is 47.0 cm³/mol. The molecule has 0 aliphatic rings. The molecular formula is C9H15NO. The van der Waals surface area contributed by atoms with Crippen molar-refractivity contribution in [3.63, 3.8) is 0 Å². The Labute approximate surface area is 68.2 Å². The number of hydrogen-bond donors (Lipinski definition) is 0. The van der Waals surface area contributed by atoms with E-state index >= 15 is 0 Å². The van der Waals surface area contributed by atoms with Gasteiger partial charge < -0.3 is 4.90 Å². The van der Waals surface area contributed by atoms with Crippen LogP contribution in [0.1, 0.15) is 20.3 Å². The highest BCUT2D eigenvalue weighted by Crippen LogP contribution is 1.90. The molecule has 0 N–H and O–H groups in total. The standard InChI is InChI=1S/C9H15NO/c1-3-5-6-8-10(9-11)7-4-2/h3-5,7,9H,6,8H2,1-2H3/b5-3+,7-4+. The number of carbonyl (C=O) groups excluding carboxylic acids is 1. The fourth-order valence-electron chi connectivity index (χ4n) is 0.744. The molecule has 0 radical (unpaired) electrons. The summed E-state index contributed by atoms with van der Waals surface area (Å²) in [4.78, 5) is 12.0. The first-order chi connectivity index (χ1) is 5.35. The number of carbonyl (C=O) groups is 1. The van der Waals surface area contributed by atoms with Crippen molar-refractivity contribution < 1.29 is 4.79 Å². The lowest BCUT2D eigenvalue weighted by molar-refractivity contribution is -0.115. The van der Waals surface area contributed by atoms with Gasteiger partial charge in [0.25, 0.3) is 0 Å². The Bertz CT molecular complexity index is 150. The van der Waals surface area contributed by atoms with Crippen molar-refractivity contribution in [3.05, 3.63) is 24.4 Å². The van der Waals surface area contributed by atoms with E-state index in [1.54, 1.807) is 11.1 Å². The zero-order valence-corrected chi connectivity index (χ0v) is 7.16. The third-order valence-corrected chi connectivity index (χ3v) is 1.27. The lowest BCUT2D eigenvalue weighted by Gasteiger charge is -2.08. The summed E-state index contributed by atoms with van der Waals surface area (Å²) in [5.41, 5.74) is 0. The predicted octanol–water partition coefficient (Wildman–Crippen LogP) is 1.94. The van der Waals surface area contributed by atoms with Gasteiger partial charge in [0.2, 0.25) is 6.41 Å². The Morgan fingerprint density at radius 2 is 2.00 bits per heavy atom. The summed E-state index contributed by atoms with van der Waals surface area (Å²) >= 11 is 0. The minimum atomic E-state index is 0.762. The molecule has 0 aliphatic heterocycles. The van der Waals surface area contributed by atoms with Crippen LogP contribution in [0.2, 0.25) is 0 Å². The van der Waals surface area contributed by atoms with Crippen LogP contribution < -0.4 is 0 Å². The Hall–Kier alpha value is -1.05. The van der Waals surface area contributed by atoms with Gasteiger partial charge >= 0.3 is 0 Å². The fraction of sp³-hybridized carbons (Fsp3) is 0.444. The zero-order valence-electron chi connectivity index (χ0n) is 7.16. The largest absolute Gasteiger partial charge is 0.322 e. The molecule has 11 heavy (non-hydrogen) atoms. The van der Waals surface area contributed by atoms with Crippen molar-refractivity contribution >= 4 is 6.41 Å². The van der Waals surface area contributed by atoms with Gasteiger partial charge in [-0.3, -0.25) is 4.79 Å². The van der Waals surface area contributed by atoms with Gasteiger partial charge in [0.05, 0.1) is 0 Å². The molecule has 0 rings (SSSR count). The van der Waals surface area contributed by atoms with E-state index in [9.17, 15) is 4.79 Å². The molecule has 0 fully saturated rings. The average Bonchev–Trinajstić information content (AvgIpc) is 2.03. The van der Waals surface area contributed by atoms with E-state index < -0.39 is 0 Å². The minimum Gasteiger partial charge on any atom is -0.322 e. The molecule has 0 aromatic heterocycles. The molecule has 0 aromatic carbocycles. The van der Waals surface area contributed by atoms with E-state index in [0.717, 1.165) is 19.4 Å². The molecule has 0 saturated carbocycles. The van der Waals surface area contributed by atoms with E-state index in [2.05, 4.69) is 0 Å². The van der Waals surface area contributed by atoms with Gasteiger partial charge in [-0.1, -0.05) is 18.2 Å². The molecule has 2 nitrogen and oxygen atoms in total. The van der Waals surface area contributed by atoms with Crippen LogP contribution in [0.5, 0.6) is 0 Å². The molecule has 0 atom stereocenters. The van der Waals surface area contributed by atoms with Gasteiger partial charge in [-0.25, -0.2) is 0 Å². The van der Waals surface area contributed by atoms with Crippen molar-refractivity contribution in [1.29, 1.82) is 0 Å². The second kappa shape index (κ2) is 7.06. The molecular weight excluding hydrogens is 138 g/mol. The summed E-state index contributed by atoms with van der Waals surface area (Å²) in [6, 6.07) is 0. The summed E-state index contributed by atoms with van der Waals surface area (Å²) < 4.78 is 0. The van der Waals surface area contributed by atoms with Crippen LogP contribution in [0.4, 0.5) is 0 Å². The first-order valence-electron chi connectivity index (χ1n) is 3.80. The molecule has 0 bridgehead atoms. The van der Waals surface area contributed by atoms with Crippen LogP contribution in [-0.4, -0.2) is 17.9 Å². The molecule has 0 aromatic rings. The summed E-state index contributed by atoms with van der Waals surface area (Å²) in [5, 5.41) is 0. The molecule has 0 unspecified atom stereocenters. The number of nitrogens with zero attached hydrogens (tertiary/aromatic N) is 1. The second-order valence-corrected chi connectivity index (χ2v) is 2.18. The molecule has 0 aliphatic carbocycles. The molecule has 62 valence electrons. The van der Waals surface area contributed by atoms with Crippen LogP contribution in [0.15, 0.2) is 24.4 Å². The third kappa shape index (κ3) is 5.40. The van der Waals surface area contributed by atoms with Crippen molar-refractivity contribution in [2.75, 3.05) is 6.54 Å². The van der Waals surface area contributed by atoms with Crippen LogP contribution in [0, 0.1) is 0 Å². The molecule has 0 heterocycles. The van der Waals surface area contributed by atoms with Gasteiger partial charge in [-0.2, -0.15) is 0 Å². The highest BCUT2D eigenvalue weighted by atomic mass is 16.1. The van der Waals surface area contributed by atoms with Gasteiger partial charge in [0, 0.05) is 12.7 Å². The first-order valence-corrected chi connectivity index (χ1v) is 3.80. The topological polar surface area (TPSA) is 20.3 Å². The van der Waals surface area contributed by atoms with Gasteiger partial charge in [-0.05, 0) is 20.3 Å². The highest BCUT2D eigenvalue weighted by Gasteiger charge is 1.91. The van der Waals surface area contributed by atoms with Crippen LogP contribution in [0.3, 0.4) is 0 Å².